The van der Waals surface area contributed by atoms with Gasteiger partial charge in [-0.2, -0.15) is 0 Å². The fourth-order valence-corrected chi connectivity index (χ4v) is 1.22. The summed E-state index contributed by atoms with van der Waals surface area (Å²) < 4.78 is 0. The van der Waals surface area contributed by atoms with Crippen molar-refractivity contribution in [2.45, 2.75) is 47.5 Å². The van der Waals surface area contributed by atoms with E-state index in [2.05, 4.69) is 18.7 Å². The maximum atomic E-state index is 10.8. The number of carbonyl (C=O) groups excluding carboxylic acids is 1. The zero-order valence-electron chi connectivity index (χ0n) is 9.89. The van der Waals surface area contributed by atoms with Crippen LogP contribution in [0.5, 0.6) is 0 Å². The molecule has 0 fully saturated rings. The second kappa shape index (κ2) is 11.6. The monoisotopic (exact) mass is 187 g/mol. The Labute approximate surface area is 83.3 Å². The van der Waals surface area contributed by atoms with Gasteiger partial charge >= 0.3 is 0 Å². The first-order valence-corrected chi connectivity index (χ1v) is 5.42. The molecule has 0 aliphatic heterocycles. The second-order valence-corrected chi connectivity index (χ2v) is 2.98. The van der Waals surface area contributed by atoms with E-state index < -0.39 is 0 Å². The number of nitrogens with zero attached hydrogens (tertiary/aromatic N) is 1. The molecule has 0 N–H and O–H groups in total. The fraction of sp³-hybridized carbons (Fsp3) is 0.909. The van der Waals surface area contributed by atoms with Gasteiger partial charge < -0.3 is 0 Å². The Bertz CT molecular complexity index is 107. The summed E-state index contributed by atoms with van der Waals surface area (Å²) in [5, 5.41) is 0. The molecule has 2 heteroatoms. The van der Waals surface area contributed by atoms with E-state index in [0.717, 1.165) is 25.9 Å². The van der Waals surface area contributed by atoms with E-state index in [1.807, 2.05) is 13.8 Å². The molecular formula is C11H25NO. The standard InChI is InChI=1S/C9H19NO.C2H6/c1-4-6-10(7-5-2)8-9(3)11;1-2/h4-8H2,1-3H3;1-2H3. The van der Waals surface area contributed by atoms with Crippen LogP contribution < -0.4 is 0 Å². The van der Waals surface area contributed by atoms with Crippen molar-refractivity contribution in [3.05, 3.63) is 0 Å². The first-order chi connectivity index (χ1) is 6.20. The van der Waals surface area contributed by atoms with Crippen LogP contribution in [0, 0.1) is 0 Å². The molecule has 2 nitrogen and oxygen atoms in total. The summed E-state index contributed by atoms with van der Waals surface area (Å²) in [6.07, 6.45) is 2.26. The average Bonchev–Trinajstić information content (AvgIpc) is 2.08. The third-order valence-corrected chi connectivity index (χ3v) is 1.53. The second-order valence-electron chi connectivity index (χ2n) is 2.98. The summed E-state index contributed by atoms with van der Waals surface area (Å²) in [7, 11) is 0. The molecule has 0 amide bonds. The minimum absolute atomic E-state index is 0.270. The molecule has 13 heavy (non-hydrogen) atoms. The van der Waals surface area contributed by atoms with Crippen LogP contribution in [0.1, 0.15) is 47.5 Å². The van der Waals surface area contributed by atoms with Crippen molar-refractivity contribution >= 4 is 5.78 Å². The Balaban J connectivity index is 0. The number of Topliss-reactive ketones (excluding diaryl/α,β-unsaturated/α-hetero) is 1. The highest BCUT2D eigenvalue weighted by molar-refractivity contribution is 5.77. The smallest absolute Gasteiger partial charge is 0.143 e. The molecule has 0 aromatic rings. The Kier molecular flexibility index (Phi) is 13.5. The van der Waals surface area contributed by atoms with Crippen molar-refractivity contribution in [3.63, 3.8) is 0 Å². The van der Waals surface area contributed by atoms with E-state index >= 15 is 0 Å². The Morgan fingerprint density at radius 3 is 1.69 bits per heavy atom. The first kappa shape index (κ1) is 15.1. The van der Waals surface area contributed by atoms with Crippen molar-refractivity contribution in [2.75, 3.05) is 19.6 Å². The van der Waals surface area contributed by atoms with Gasteiger partial charge in [0.1, 0.15) is 5.78 Å². The maximum Gasteiger partial charge on any atom is 0.143 e. The lowest BCUT2D eigenvalue weighted by Gasteiger charge is -2.18. The molecule has 0 aromatic carbocycles. The van der Waals surface area contributed by atoms with Crippen LogP contribution in [0.4, 0.5) is 0 Å². The molecule has 0 saturated heterocycles. The van der Waals surface area contributed by atoms with Gasteiger partial charge in [-0.05, 0) is 32.9 Å². The summed E-state index contributed by atoms with van der Waals surface area (Å²) in [5.41, 5.74) is 0. The van der Waals surface area contributed by atoms with E-state index in [0.29, 0.717) is 6.54 Å². The maximum absolute atomic E-state index is 10.8. The van der Waals surface area contributed by atoms with Gasteiger partial charge in [-0.25, -0.2) is 0 Å². The zero-order chi connectivity index (χ0) is 10.7. The van der Waals surface area contributed by atoms with Crippen LogP contribution in [-0.2, 0) is 4.79 Å². The summed E-state index contributed by atoms with van der Waals surface area (Å²) in [4.78, 5) is 13.0. The molecule has 0 aromatic heterocycles. The van der Waals surface area contributed by atoms with Crippen LogP contribution in [0.3, 0.4) is 0 Å². The molecule has 0 aliphatic rings. The van der Waals surface area contributed by atoms with Gasteiger partial charge in [0, 0.05) is 0 Å². The third kappa shape index (κ3) is 11.6. The van der Waals surface area contributed by atoms with Gasteiger partial charge in [0.05, 0.1) is 6.54 Å². The van der Waals surface area contributed by atoms with E-state index in [9.17, 15) is 4.79 Å². The quantitative estimate of drug-likeness (QED) is 0.637. The Hall–Kier alpha value is -0.370. The highest BCUT2D eigenvalue weighted by atomic mass is 16.1. The first-order valence-electron chi connectivity index (χ1n) is 5.42. The lowest BCUT2D eigenvalue weighted by Crippen LogP contribution is -2.30. The van der Waals surface area contributed by atoms with Crippen LogP contribution in [0.15, 0.2) is 0 Å². The fourth-order valence-electron chi connectivity index (χ4n) is 1.22. The Morgan fingerprint density at radius 2 is 1.46 bits per heavy atom. The number of carbonyl (C=O) groups is 1. The highest BCUT2D eigenvalue weighted by Crippen LogP contribution is 1.93. The number of hydrogen-bond donors (Lipinski definition) is 0. The molecule has 0 atom stereocenters. The van der Waals surface area contributed by atoms with E-state index in [1.165, 1.54) is 0 Å². The van der Waals surface area contributed by atoms with E-state index in [1.54, 1.807) is 6.92 Å². The van der Waals surface area contributed by atoms with Gasteiger partial charge in [-0.15, -0.1) is 0 Å². The number of rotatable bonds is 6. The predicted octanol–water partition coefficient (Wildman–Crippen LogP) is 2.72. The van der Waals surface area contributed by atoms with Crippen molar-refractivity contribution in [1.82, 2.24) is 4.90 Å². The molecule has 0 radical (unpaired) electrons. The van der Waals surface area contributed by atoms with Crippen LogP contribution in [-0.4, -0.2) is 30.3 Å². The number of hydrogen-bond acceptors (Lipinski definition) is 2. The molecule has 0 saturated carbocycles. The molecule has 0 heterocycles. The van der Waals surface area contributed by atoms with Crippen LogP contribution in [0.25, 0.3) is 0 Å². The Morgan fingerprint density at radius 1 is 1.08 bits per heavy atom. The molecule has 0 unspecified atom stereocenters. The lowest BCUT2D eigenvalue weighted by atomic mass is 10.3. The molecule has 0 spiro atoms. The largest absolute Gasteiger partial charge is 0.299 e. The van der Waals surface area contributed by atoms with Gasteiger partial charge in [0.2, 0.25) is 0 Å². The molecule has 80 valence electrons. The van der Waals surface area contributed by atoms with Crippen LogP contribution >= 0.6 is 0 Å². The summed E-state index contributed by atoms with van der Waals surface area (Å²) in [6, 6.07) is 0. The van der Waals surface area contributed by atoms with E-state index in [4.69, 9.17) is 0 Å². The van der Waals surface area contributed by atoms with Gasteiger partial charge in [0.25, 0.3) is 0 Å². The van der Waals surface area contributed by atoms with Crippen molar-refractivity contribution in [1.29, 1.82) is 0 Å². The minimum Gasteiger partial charge on any atom is -0.299 e. The lowest BCUT2D eigenvalue weighted by molar-refractivity contribution is -0.118. The molecular weight excluding hydrogens is 162 g/mol. The highest BCUT2D eigenvalue weighted by Gasteiger charge is 2.03. The van der Waals surface area contributed by atoms with Crippen LogP contribution in [0.2, 0.25) is 0 Å². The summed E-state index contributed by atoms with van der Waals surface area (Å²) in [5.74, 6) is 0.270. The van der Waals surface area contributed by atoms with Gasteiger partial charge in [-0.1, -0.05) is 27.7 Å². The van der Waals surface area contributed by atoms with E-state index in [-0.39, 0.29) is 5.78 Å². The molecule has 0 bridgehead atoms. The van der Waals surface area contributed by atoms with Crippen molar-refractivity contribution in [2.24, 2.45) is 0 Å². The SMILES string of the molecule is CC.CCCN(CCC)CC(C)=O. The minimum atomic E-state index is 0.270. The van der Waals surface area contributed by atoms with Crippen molar-refractivity contribution < 1.29 is 4.79 Å². The van der Waals surface area contributed by atoms with Gasteiger partial charge in [-0.3, -0.25) is 9.69 Å². The molecule has 0 rings (SSSR count). The van der Waals surface area contributed by atoms with Gasteiger partial charge in [0.15, 0.2) is 0 Å². The summed E-state index contributed by atoms with van der Waals surface area (Å²) in [6.45, 7) is 12.7. The topological polar surface area (TPSA) is 20.3 Å². The third-order valence-electron chi connectivity index (χ3n) is 1.53. The van der Waals surface area contributed by atoms with Crippen molar-refractivity contribution in [3.8, 4) is 0 Å². The summed E-state index contributed by atoms with van der Waals surface area (Å²) >= 11 is 0. The normalized spacial score (nSPS) is 9.38. The average molecular weight is 187 g/mol. The number of ketones is 1. The molecule has 0 aliphatic carbocycles. The predicted molar refractivity (Wildman–Crippen MR) is 59.1 cm³/mol. The zero-order valence-corrected chi connectivity index (χ0v) is 9.89.